The first-order valence-corrected chi connectivity index (χ1v) is 11.0. The van der Waals surface area contributed by atoms with E-state index in [0.29, 0.717) is 6.54 Å². The molecular formula is C23H32ClN3O3. The minimum Gasteiger partial charge on any atom is -0.333 e. The maximum absolute atomic E-state index is 13.0. The van der Waals surface area contributed by atoms with Gasteiger partial charge in [0.25, 0.3) is 0 Å². The van der Waals surface area contributed by atoms with E-state index in [1.165, 1.54) is 10.5 Å². The zero-order valence-electron chi connectivity index (χ0n) is 17.6. The molecule has 164 valence electrons. The van der Waals surface area contributed by atoms with Gasteiger partial charge in [-0.1, -0.05) is 44.0 Å². The number of amides is 3. The number of imide groups is 1. The number of hydrogen-bond acceptors (Lipinski definition) is 4. The second-order valence-electron chi connectivity index (χ2n) is 8.48. The smallest absolute Gasteiger partial charge is 0.233 e. The Kier molecular flexibility index (Phi) is 7.53. The molecule has 0 radical (unpaired) electrons. The van der Waals surface area contributed by atoms with Crippen molar-refractivity contribution in [2.75, 3.05) is 26.2 Å². The number of nitrogens with zero attached hydrogens (tertiary/aromatic N) is 2. The highest BCUT2D eigenvalue weighted by Gasteiger charge is 2.48. The third-order valence-corrected chi connectivity index (χ3v) is 6.82. The van der Waals surface area contributed by atoms with Gasteiger partial charge in [0.05, 0.1) is 17.9 Å². The molecule has 2 aliphatic heterocycles. The topological polar surface area (TPSA) is 69.7 Å². The number of aryl methyl sites for hydroxylation is 1. The lowest BCUT2D eigenvalue weighted by Crippen LogP contribution is -2.49. The molecule has 0 bridgehead atoms. The third-order valence-electron chi connectivity index (χ3n) is 6.82. The summed E-state index contributed by atoms with van der Waals surface area (Å²) in [6.45, 7) is 4.48. The average molecular weight is 434 g/mol. The lowest BCUT2D eigenvalue weighted by molar-refractivity contribution is -0.141. The maximum atomic E-state index is 13.0. The van der Waals surface area contributed by atoms with E-state index in [-0.39, 0.29) is 61.0 Å². The van der Waals surface area contributed by atoms with E-state index in [1.807, 2.05) is 4.90 Å². The summed E-state index contributed by atoms with van der Waals surface area (Å²) in [5, 5.41) is 3.38. The zero-order chi connectivity index (χ0) is 20.4. The van der Waals surface area contributed by atoms with Crippen LogP contribution in [0.3, 0.4) is 0 Å². The Hall–Kier alpha value is -1.92. The Labute approximate surface area is 184 Å². The van der Waals surface area contributed by atoms with Crippen LogP contribution < -0.4 is 5.32 Å². The predicted octanol–water partition coefficient (Wildman–Crippen LogP) is 2.71. The molecule has 6 nitrogen and oxygen atoms in total. The predicted molar refractivity (Wildman–Crippen MR) is 117 cm³/mol. The first-order chi connectivity index (χ1) is 14.1. The number of nitrogens with one attached hydrogen (secondary N) is 1. The van der Waals surface area contributed by atoms with Crippen LogP contribution >= 0.6 is 12.4 Å². The van der Waals surface area contributed by atoms with Crippen molar-refractivity contribution >= 4 is 30.1 Å². The van der Waals surface area contributed by atoms with Gasteiger partial charge >= 0.3 is 0 Å². The van der Waals surface area contributed by atoms with Crippen LogP contribution in [0.2, 0.25) is 0 Å². The fraction of sp³-hybridized carbons (Fsp3) is 0.609. The van der Waals surface area contributed by atoms with Crippen LogP contribution in [0.1, 0.15) is 56.2 Å². The van der Waals surface area contributed by atoms with E-state index in [1.54, 1.807) is 0 Å². The molecule has 4 rings (SSSR count). The molecule has 1 aromatic rings. The number of likely N-dealkylation sites (tertiary alicyclic amines) is 1. The minimum absolute atomic E-state index is 0. The summed E-state index contributed by atoms with van der Waals surface area (Å²) in [6.07, 6.45) is 4.87. The molecule has 3 fully saturated rings. The molecule has 2 saturated heterocycles. The monoisotopic (exact) mass is 433 g/mol. The lowest BCUT2D eigenvalue weighted by Gasteiger charge is -2.37. The van der Waals surface area contributed by atoms with E-state index in [4.69, 9.17) is 0 Å². The maximum Gasteiger partial charge on any atom is 0.233 e. The molecule has 0 spiro atoms. The van der Waals surface area contributed by atoms with Crippen molar-refractivity contribution in [3.63, 3.8) is 0 Å². The number of benzene rings is 1. The summed E-state index contributed by atoms with van der Waals surface area (Å²) in [5.74, 6) is -0.378. The van der Waals surface area contributed by atoms with Crippen molar-refractivity contribution in [2.45, 2.75) is 51.5 Å². The van der Waals surface area contributed by atoms with Gasteiger partial charge in [-0.3, -0.25) is 19.3 Å². The molecule has 0 aromatic heterocycles. The van der Waals surface area contributed by atoms with Crippen LogP contribution in [0.5, 0.6) is 0 Å². The highest BCUT2D eigenvalue weighted by atomic mass is 35.5. The summed E-state index contributed by atoms with van der Waals surface area (Å²) >= 11 is 0. The minimum atomic E-state index is -0.143. The van der Waals surface area contributed by atoms with Gasteiger partial charge in [-0.2, -0.15) is 0 Å². The van der Waals surface area contributed by atoms with Gasteiger partial charge in [0, 0.05) is 32.6 Å². The van der Waals surface area contributed by atoms with E-state index >= 15 is 0 Å². The van der Waals surface area contributed by atoms with Crippen molar-refractivity contribution in [1.82, 2.24) is 15.1 Å². The summed E-state index contributed by atoms with van der Waals surface area (Å²) in [6, 6.07) is 8.45. The van der Waals surface area contributed by atoms with Gasteiger partial charge in [-0.05, 0) is 30.4 Å². The molecule has 1 saturated carbocycles. The second kappa shape index (κ2) is 9.92. The van der Waals surface area contributed by atoms with Crippen LogP contribution in [0, 0.1) is 11.8 Å². The molecular weight excluding hydrogens is 402 g/mol. The zero-order valence-corrected chi connectivity index (χ0v) is 18.5. The van der Waals surface area contributed by atoms with E-state index < -0.39 is 0 Å². The molecule has 30 heavy (non-hydrogen) atoms. The van der Waals surface area contributed by atoms with Gasteiger partial charge in [-0.25, -0.2) is 0 Å². The van der Waals surface area contributed by atoms with E-state index in [9.17, 15) is 14.4 Å². The van der Waals surface area contributed by atoms with Gasteiger partial charge in [0.1, 0.15) is 0 Å². The Bertz CT molecular complexity index is 758. The second-order valence-corrected chi connectivity index (χ2v) is 8.48. The van der Waals surface area contributed by atoms with Gasteiger partial charge in [-0.15, -0.1) is 12.4 Å². The highest BCUT2D eigenvalue weighted by Crippen LogP contribution is 2.38. The van der Waals surface area contributed by atoms with Crippen molar-refractivity contribution in [1.29, 1.82) is 0 Å². The highest BCUT2D eigenvalue weighted by molar-refractivity contribution is 6.05. The summed E-state index contributed by atoms with van der Waals surface area (Å²) < 4.78 is 0. The summed E-state index contributed by atoms with van der Waals surface area (Å²) in [7, 11) is 0. The standard InChI is InChI=1S/C23H31N3O3.ClH/c1-2-16-7-9-17(10-8-16)20-15-24-12-14-25(20)21(27)11-13-26-22(28)18-5-3-4-6-19(18)23(26)29;/h7-10,18-20,24H,2-6,11-15H2,1H3;1H. The van der Waals surface area contributed by atoms with Crippen LogP contribution in [0.4, 0.5) is 0 Å². The number of carbonyl (C=O) groups excluding carboxylic acids is 3. The van der Waals surface area contributed by atoms with Crippen molar-refractivity contribution in [3.8, 4) is 0 Å². The molecule has 1 N–H and O–H groups in total. The average Bonchev–Trinajstić information content (AvgIpc) is 3.02. The summed E-state index contributed by atoms with van der Waals surface area (Å²) in [5.41, 5.74) is 2.41. The fourth-order valence-electron chi connectivity index (χ4n) is 5.08. The fourth-order valence-corrected chi connectivity index (χ4v) is 5.08. The number of piperazine rings is 1. The quantitative estimate of drug-likeness (QED) is 0.725. The van der Waals surface area contributed by atoms with E-state index in [0.717, 1.165) is 50.8 Å². The largest absolute Gasteiger partial charge is 0.333 e. The molecule has 1 aliphatic carbocycles. The van der Waals surface area contributed by atoms with Crippen molar-refractivity contribution in [3.05, 3.63) is 35.4 Å². The molecule has 3 aliphatic rings. The van der Waals surface area contributed by atoms with Crippen LogP contribution in [-0.4, -0.2) is 53.7 Å². The Balaban J connectivity index is 0.00000256. The molecule has 3 amide bonds. The SMILES string of the molecule is CCc1ccc(C2CNCCN2C(=O)CCN2C(=O)C3CCCCC3C2=O)cc1.Cl. The summed E-state index contributed by atoms with van der Waals surface area (Å²) in [4.78, 5) is 41.6. The number of rotatable bonds is 5. The van der Waals surface area contributed by atoms with Crippen molar-refractivity contribution < 1.29 is 14.4 Å². The number of hydrogen-bond donors (Lipinski definition) is 1. The molecule has 2 heterocycles. The van der Waals surface area contributed by atoms with Crippen LogP contribution in [0.25, 0.3) is 0 Å². The molecule has 3 atom stereocenters. The Morgan fingerprint density at radius 3 is 2.30 bits per heavy atom. The van der Waals surface area contributed by atoms with E-state index in [2.05, 4.69) is 36.5 Å². The number of fused-ring (bicyclic) bond motifs is 1. The molecule has 3 unspecified atom stereocenters. The van der Waals surface area contributed by atoms with Crippen molar-refractivity contribution in [2.24, 2.45) is 11.8 Å². The normalized spacial score (nSPS) is 26.4. The molecule has 1 aromatic carbocycles. The van der Waals surface area contributed by atoms with Gasteiger partial charge < -0.3 is 10.2 Å². The first-order valence-electron chi connectivity index (χ1n) is 11.0. The Morgan fingerprint density at radius 2 is 1.70 bits per heavy atom. The molecule has 7 heteroatoms. The lowest BCUT2D eigenvalue weighted by atomic mass is 9.81. The van der Waals surface area contributed by atoms with Crippen LogP contribution in [-0.2, 0) is 20.8 Å². The number of carbonyl (C=O) groups is 3. The first kappa shape index (κ1) is 22.8. The van der Waals surface area contributed by atoms with Crippen LogP contribution in [0.15, 0.2) is 24.3 Å². The van der Waals surface area contributed by atoms with Gasteiger partial charge in [0.2, 0.25) is 17.7 Å². The third kappa shape index (κ3) is 4.40. The van der Waals surface area contributed by atoms with Gasteiger partial charge in [0.15, 0.2) is 0 Å². The number of halogens is 1. The Morgan fingerprint density at radius 1 is 1.07 bits per heavy atom.